The molecule has 0 saturated carbocycles. The fourth-order valence-electron chi connectivity index (χ4n) is 3.66. The van der Waals surface area contributed by atoms with E-state index in [4.69, 9.17) is 14.2 Å². The number of alkyl carbamates (subject to hydrolysis) is 1. The monoisotopic (exact) mass is 522 g/mol. The average Bonchev–Trinajstić information content (AvgIpc) is 2.87. The molecule has 38 heavy (non-hydrogen) atoms. The number of nitrogens with zero attached hydrogens (tertiary/aromatic N) is 1. The molecular formula is C30H35FN2O5. The van der Waals surface area contributed by atoms with Crippen LogP contribution in [0.3, 0.4) is 0 Å². The normalized spacial score (nSPS) is 11.0. The van der Waals surface area contributed by atoms with E-state index in [2.05, 4.69) is 5.32 Å². The second kappa shape index (κ2) is 12.9. The molecule has 0 aliphatic carbocycles. The third-order valence-corrected chi connectivity index (χ3v) is 5.58. The molecule has 0 aromatic heterocycles. The van der Waals surface area contributed by atoms with Gasteiger partial charge in [-0.05, 0) is 63.6 Å². The van der Waals surface area contributed by atoms with Gasteiger partial charge in [-0.25, -0.2) is 9.18 Å². The Bertz CT molecular complexity index is 1240. The molecule has 3 rings (SSSR count). The van der Waals surface area contributed by atoms with E-state index in [0.29, 0.717) is 22.6 Å². The van der Waals surface area contributed by atoms with Gasteiger partial charge in [-0.2, -0.15) is 0 Å². The second-order valence-electron chi connectivity index (χ2n) is 9.89. The second-order valence-corrected chi connectivity index (χ2v) is 9.89. The summed E-state index contributed by atoms with van der Waals surface area (Å²) in [4.78, 5) is 27.1. The molecule has 8 heteroatoms. The number of hydrogen-bond donors (Lipinski definition) is 1. The molecule has 0 saturated heterocycles. The average molecular weight is 523 g/mol. The number of hydrogen-bond acceptors (Lipinski definition) is 5. The van der Waals surface area contributed by atoms with Crippen molar-refractivity contribution in [3.63, 3.8) is 0 Å². The van der Waals surface area contributed by atoms with Crippen LogP contribution in [0.15, 0.2) is 66.7 Å². The molecule has 0 aliphatic heterocycles. The van der Waals surface area contributed by atoms with E-state index in [0.717, 1.165) is 11.1 Å². The van der Waals surface area contributed by atoms with Crippen LogP contribution in [0.1, 0.15) is 47.8 Å². The number of halogens is 1. The van der Waals surface area contributed by atoms with Crippen molar-refractivity contribution < 1.29 is 28.2 Å². The Hall–Kier alpha value is -4.07. The van der Waals surface area contributed by atoms with Crippen molar-refractivity contribution in [2.24, 2.45) is 0 Å². The van der Waals surface area contributed by atoms with Crippen molar-refractivity contribution in [2.45, 2.75) is 46.4 Å². The Kier molecular flexibility index (Phi) is 9.71. The summed E-state index contributed by atoms with van der Waals surface area (Å²) in [6.45, 7) is 8.13. The van der Waals surface area contributed by atoms with Gasteiger partial charge in [-0.15, -0.1) is 0 Å². The fraction of sp³-hybridized carbons (Fsp3) is 0.333. The van der Waals surface area contributed by atoms with E-state index < -0.39 is 11.7 Å². The molecule has 0 atom stereocenters. The number of benzene rings is 3. The molecule has 1 N–H and O–H groups in total. The highest BCUT2D eigenvalue weighted by atomic mass is 19.1. The standard InChI is InChI=1S/C30H35FN2O5/c1-21-10-13-23(14-11-21)28(34)33(17-16-32-29(35)38-30(2,3)4)19-22-12-15-26(27(18-22)36-5)37-20-24-8-6-7-9-25(24)31/h6-15,18H,16-17,19-20H2,1-5H3,(H,32,35). The van der Waals surface area contributed by atoms with E-state index in [9.17, 15) is 14.0 Å². The SMILES string of the molecule is COc1cc(CN(CCNC(=O)OC(C)(C)C)C(=O)c2ccc(C)cc2)ccc1OCc1ccccc1F. The maximum atomic E-state index is 14.0. The Morgan fingerprint density at radius 2 is 1.68 bits per heavy atom. The van der Waals surface area contributed by atoms with Crippen molar-refractivity contribution in [1.29, 1.82) is 0 Å². The minimum absolute atomic E-state index is 0.0523. The van der Waals surface area contributed by atoms with Gasteiger partial charge in [0.05, 0.1) is 7.11 Å². The highest BCUT2D eigenvalue weighted by molar-refractivity contribution is 5.94. The molecular weight excluding hydrogens is 487 g/mol. The van der Waals surface area contributed by atoms with Gasteiger partial charge >= 0.3 is 6.09 Å². The van der Waals surface area contributed by atoms with Gasteiger partial charge in [0, 0.05) is 30.8 Å². The molecule has 0 radical (unpaired) electrons. The van der Waals surface area contributed by atoms with Crippen LogP contribution >= 0.6 is 0 Å². The predicted octanol–water partition coefficient (Wildman–Crippen LogP) is 5.89. The van der Waals surface area contributed by atoms with Crippen molar-refractivity contribution in [2.75, 3.05) is 20.2 Å². The smallest absolute Gasteiger partial charge is 0.407 e. The molecule has 0 bridgehead atoms. The van der Waals surface area contributed by atoms with Gasteiger partial charge in [0.1, 0.15) is 18.0 Å². The quantitative estimate of drug-likeness (QED) is 0.359. The van der Waals surface area contributed by atoms with Crippen LogP contribution in [0, 0.1) is 12.7 Å². The van der Waals surface area contributed by atoms with Crippen molar-refractivity contribution >= 4 is 12.0 Å². The molecule has 0 heterocycles. The summed E-state index contributed by atoms with van der Waals surface area (Å²) in [7, 11) is 1.52. The molecule has 0 aliphatic rings. The summed E-state index contributed by atoms with van der Waals surface area (Å²) in [6, 6.07) is 19.1. The fourth-order valence-corrected chi connectivity index (χ4v) is 3.66. The minimum atomic E-state index is -0.617. The summed E-state index contributed by atoms with van der Waals surface area (Å²) in [5.74, 6) is 0.416. The van der Waals surface area contributed by atoms with E-state index in [1.165, 1.54) is 13.2 Å². The van der Waals surface area contributed by atoms with E-state index in [-0.39, 0.29) is 38.0 Å². The summed E-state index contributed by atoms with van der Waals surface area (Å²) in [5.41, 5.74) is 2.22. The van der Waals surface area contributed by atoms with Crippen LogP contribution in [-0.2, 0) is 17.9 Å². The van der Waals surface area contributed by atoms with Crippen LogP contribution in [0.4, 0.5) is 9.18 Å². The summed E-state index contributed by atoms with van der Waals surface area (Å²) in [5, 5.41) is 2.71. The molecule has 3 aromatic carbocycles. The Morgan fingerprint density at radius 1 is 0.974 bits per heavy atom. The first-order valence-electron chi connectivity index (χ1n) is 12.4. The van der Waals surface area contributed by atoms with Crippen molar-refractivity contribution in [3.05, 3.63) is 94.8 Å². The van der Waals surface area contributed by atoms with Gasteiger partial charge in [-0.1, -0.05) is 42.0 Å². The Labute approximate surface area is 223 Å². The van der Waals surface area contributed by atoms with Gasteiger partial charge in [0.15, 0.2) is 11.5 Å². The number of ether oxygens (including phenoxy) is 3. The van der Waals surface area contributed by atoms with Gasteiger partial charge in [0.2, 0.25) is 0 Å². The Balaban J connectivity index is 1.74. The lowest BCUT2D eigenvalue weighted by atomic mass is 10.1. The zero-order valence-corrected chi connectivity index (χ0v) is 22.5. The molecule has 0 spiro atoms. The number of amides is 2. The summed E-state index contributed by atoms with van der Waals surface area (Å²) < 4.78 is 30.6. The summed E-state index contributed by atoms with van der Waals surface area (Å²) in [6.07, 6.45) is -0.543. The first kappa shape index (κ1) is 28.5. The first-order valence-corrected chi connectivity index (χ1v) is 12.4. The third kappa shape index (κ3) is 8.50. The van der Waals surface area contributed by atoms with E-state index in [1.807, 2.05) is 25.1 Å². The predicted molar refractivity (Wildman–Crippen MR) is 144 cm³/mol. The number of aryl methyl sites for hydroxylation is 1. The lowest BCUT2D eigenvalue weighted by molar-refractivity contribution is 0.0512. The molecule has 3 aromatic rings. The maximum Gasteiger partial charge on any atom is 0.407 e. The Morgan fingerprint density at radius 3 is 2.34 bits per heavy atom. The highest BCUT2D eigenvalue weighted by Gasteiger charge is 2.19. The number of nitrogens with one attached hydrogen (secondary N) is 1. The van der Waals surface area contributed by atoms with Gasteiger partial charge in [-0.3, -0.25) is 4.79 Å². The maximum absolute atomic E-state index is 14.0. The van der Waals surface area contributed by atoms with Gasteiger partial charge < -0.3 is 24.4 Å². The molecule has 202 valence electrons. The van der Waals surface area contributed by atoms with Crippen molar-refractivity contribution in [3.8, 4) is 11.5 Å². The number of carbonyl (C=O) groups excluding carboxylic acids is 2. The van der Waals surface area contributed by atoms with Crippen LogP contribution in [0.5, 0.6) is 11.5 Å². The van der Waals surface area contributed by atoms with E-state index in [1.54, 1.807) is 68.1 Å². The molecule has 2 amide bonds. The first-order chi connectivity index (χ1) is 18.1. The zero-order chi connectivity index (χ0) is 27.7. The highest BCUT2D eigenvalue weighted by Crippen LogP contribution is 2.30. The molecule has 0 unspecified atom stereocenters. The van der Waals surface area contributed by atoms with Crippen LogP contribution < -0.4 is 14.8 Å². The van der Waals surface area contributed by atoms with Gasteiger partial charge in [0.25, 0.3) is 5.91 Å². The zero-order valence-electron chi connectivity index (χ0n) is 22.5. The van der Waals surface area contributed by atoms with Crippen LogP contribution in [0.25, 0.3) is 0 Å². The van der Waals surface area contributed by atoms with Crippen LogP contribution in [0.2, 0.25) is 0 Å². The topological polar surface area (TPSA) is 77.1 Å². The third-order valence-electron chi connectivity index (χ3n) is 5.58. The number of carbonyl (C=O) groups is 2. The largest absolute Gasteiger partial charge is 0.493 e. The van der Waals surface area contributed by atoms with Crippen LogP contribution in [-0.4, -0.2) is 42.7 Å². The lowest BCUT2D eigenvalue weighted by Crippen LogP contribution is -2.40. The lowest BCUT2D eigenvalue weighted by Gasteiger charge is -2.25. The molecule has 7 nitrogen and oxygen atoms in total. The molecule has 0 fully saturated rings. The number of methoxy groups -OCH3 is 1. The summed E-state index contributed by atoms with van der Waals surface area (Å²) >= 11 is 0. The number of rotatable bonds is 10. The minimum Gasteiger partial charge on any atom is -0.493 e. The van der Waals surface area contributed by atoms with Crippen molar-refractivity contribution in [1.82, 2.24) is 10.2 Å². The van der Waals surface area contributed by atoms with E-state index >= 15 is 0 Å².